The van der Waals surface area contributed by atoms with Crippen molar-refractivity contribution in [3.8, 4) is 5.75 Å². The molecule has 1 aliphatic rings. The molecule has 1 atom stereocenters. The van der Waals surface area contributed by atoms with Crippen molar-refractivity contribution in [3.05, 3.63) is 28.8 Å². The molecular weight excluding hydrogens is 253 g/mol. The number of phenols is 1. The van der Waals surface area contributed by atoms with E-state index in [0.717, 1.165) is 16.7 Å². The molecule has 0 unspecified atom stereocenters. The highest BCUT2D eigenvalue weighted by Crippen LogP contribution is 2.40. The molecule has 3 N–H and O–H groups in total. The summed E-state index contributed by atoms with van der Waals surface area (Å²) in [6.45, 7) is 11.8. The van der Waals surface area contributed by atoms with Gasteiger partial charge in [-0.1, -0.05) is 12.1 Å². The van der Waals surface area contributed by atoms with E-state index in [9.17, 15) is 5.11 Å². The Labute approximate surface area is 121 Å². The van der Waals surface area contributed by atoms with Crippen molar-refractivity contribution in [1.29, 1.82) is 0 Å². The highest BCUT2D eigenvalue weighted by Gasteiger charge is 2.53. The summed E-state index contributed by atoms with van der Waals surface area (Å²) >= 11 is 0. The predicted molar refractivity (Wildman–Crippen MR) is 80.6 cm³/mol. The summed E-state index contributed by atoms with van der Waals surface area (Å²) in [7, 11) is -0.483. The molecule has 1 aromatic carbocycles. The summed E-state index contributed by atoms with van der Waals surface area (Å²) in [5, 5.41) is 9.84. The van der Waals surface area contributed by atoms with Crippen molar-refractivity contribution in [2.75, 3.05) is 0 Å². The van der Waals surface area contributed by atoms with Crippen LogP contribution in [0.25, 0.3) is 0 Å². The van der Waals surface area contributed by atoms with Gasteiger partial charge in [0.15, 0.2) is 0 Å². The second-order valence-corrected chi connectivity index (χ2v) is 6.65. The molecule has 20 heavy (non-hydrogen) atoms. The summed E-state index contributed by atoms with van der Waals surface area (Å²) < 4.78 is 12.0. The van der Waals surface area contributed by atoms with Crippen LogP contribution in [0.4, 0.5) is 0 Å². The molecule has 0 aliphatic carbocycles. The van der Waals surface area contributed by atoms with E-state index >= 15 is 0 Å². The predicted octanol–water partition coefficient (Wildman–Crippen LogP) is 2.64. The van der Waals surface area contributed by atoms with Crippen LogP contribution in [0.3, 0.4) is 0 Å². The maximum Gasteiger partial charge on any atom is 0.480 e. The van der Waals surface area contributed by atoms with Gasteiger partial charge in [-0.05, 0) is 58.2 Å². The van der Waals surface area contributed by atoms with Gasteiger partial charge >= 0.3 is 7.12 Å². The summed E-state index contributed by atoms with van der Waals surface area (Å²) in [6.07, 6.45) is 0. The summed E-state index contributed by atoms with van der Waals surface area (Å²) in [5.74, 6) is -0.0658. The van der Waals surface area contributed by atoms with Crippen LogP contribution in [-0.4, -0.2) is 23.4 Å². The topological polar surface area (TPSA) is 64.7 Å². The third kappa shape index (κ3) is 2.46. The minimum Gasteiger partial charge on any atom is -0.507 e. The van der Waals surface area contributed by atoms with Crippen LogP contribution in [0.15, 0.2) is 12.1 Å². The van der Waals surface area contributed by atoms with Crippen molar-refractivity contribution < 1.29 is 14.4 Å². The monoisotopic (exact) mass is 277 g/mol. The first-order valence-electron chi connectivity index (χ1n) is 6.96. The first-order valence-corrected chi connectivity index (χ1v) is 6.96. The molecule has 0 spiro atoms. The Morgan fingerprint density at radius 3 is 1.85 bits per heavy atom. The molecule has 0 bridgehead atoms. The third-order valence-electron chi connectivity index (χ3n) is 4.46. The third-order valence-corrected chi connectivity index (χ3v) is 4.46. The van der Waals surface area contributed by atoms with Crippen LogP contribution in [0.5, 0.6) is 5.75 Å². The van der Waals surface area contributed by atoms with Gasteiger partial charge in [0.2, 0.25) is 0 Å². The Bertz CT molecular complexity index is 489. The van der Waals surface area contributed by atoms with Gasteiger partial charge in [-0.3, -0.25) is 0 Å². The maximum absolute atomic E-state index is 9.84. The average Bonchev–Trinajstić information content (AvgIpc) is 2.54. The van der Waals surface area contributed by atoms with E-state index in [-0.39, 0.29) is 5.94 Å². The number of hydrogen-bond acceptors (Lipinski definition) is 4. The standard InChI is InChI=1S/C15H24BNO3/c1-9-7-11(8-10(2)12(9)18)13(17)16-19-14(3,4)15(5,6)20-16/h7-8,13,18H,17H2,1-6H3/t13-/m1/s1. The number of hydrogen-bond donors (Lipinski definition) is 2. The second kappa shape index (κ2) is 4.76. The van der Waals surface area contributed by atoms with Crippen molar-refractivity contribution in [2.45, 2.75) is 58.7 Å². The zero-order chi connectivity index (χ0) is 15.3. The molecule has 2 rings (SSSR count). The van der Waals surface area contributed by atoms with Crippen LogP contribution >= 0.6 is 0 Å². The Kier molecular flexibility index (Phi) is 3.65. The van der Waals surface area contributed by atoms with Crippen molar-refractivity contribution in [2.24, 2.45) is 5.73 Å². The number of phenolic OH excluding ortho intramolecular Hbond substituents is 1. The van der Waals surface area contributed by atoms with E-state index in [1.165, 1.54) is 0 Å². The first kappa shape index (κ1) is 15.4. The van der Waals surface area contributed by atoms with E-state index in [1.807, 2.05) is 53.7 Å². The largest absolute Gasteiger partial charge is 0.507 e. The lowest BCUT2D eigenvalue weighted by Crippen LogP contribution is -2.41. The summed E-state index contributed by atoms with van der Waals surface area (Å²) in [4.78, 5) is 0. The lowest BCUT2D eigenvalue weighted by atomic mass is 9.74. The smallest absolute Gasteiger partial charge is 0.480 e. The number of benzene rings is 1. The maximum atomic E-state index is 9.84. The molecule has 0 aromatic heterocycles. The second-order valence-electron chi connectivity index (χ2n) is 6.65. The SMILES string of the molecule is Cc1cc([C@@H](N)B2OC(C)(C)C(C)(C)O2)cc(C)c1O. The first-order chi connectivity index (χ1) is 9.05. The Morgan fingerprint density at radius 1 is 1.05 bits per heavy atom. The lowest BCUT2D eigenvalue weighted by Gasteiger charge is -2.32. The quantitative estimate of drug-likeness (QED) is 0.816. The molecule has 0 amide bonds. The van der Waals surface area contributed by atoms with Gasteiger partial charge in [0.05, 0.1) is 17.1 Å². The zero-order valence-corrected chi connectivity index (χ0v) is 13.2. The molecule has 1 saturated heterocycles. The van der Waals surface area contributed by atoms with Gasteiger partial charge in [0.25, 0.3) is 0 Å². The fourth-order valence-electron chi connectivity index (χ4n) is 2.37. The molecule has 0 radical (unpaired) electrons. The lowest BCUT2D eigenvalue weighted by molar-refractivity contribution is 0.00578. The number of nitrogens with two attached hydrogens (primary N) is 1. The van der Waals surface area contributed by atoms with Crippen LogP contribution in [0.2, 0.25) is 0 Å². The van der Waals surface area contributed by atoms with Crippen LogP contribution < -0.4 is 5.73 Å². The highest BCUT2D eigenvalue weighted by atomic mass is 16.7. The summed E-state index contributed by atoms with van der Waals surface area (Å²) in [5.41, 5.74) is 8.05. The van der Waals surface area contributed by atoms with Crippen molar-refractivity contribution in [3.63, 3.8) is 0 Å². The molecule has 5 heteroatoms. The number of rotatable bonds is 2. The number of aryl methyl sites for hydroxylation is 2. The Hall–Kier alpha value is -1.04. The molecule has 1 aliphatic heterocycles. The normalized spacial score (nSPS) is 22.1. The van der Waals surface area contributed by atoms with E-state index < -0.39 is 18.3 Å². The molecular formula is C15H24BNO3. The van der Waals surface area contributed by atoms with E-state index in [4.69, 9.17) is 15.0 Å². The Morgan fingerprint density at radius 2 is 1.45 bits per heavy atom. The van der Waals surface area contributed by atoms with Crippen molar-refractivity contribution >= 4 is 7.12 Å². The summed E-state index contributed by atoms with van der Waals surface area (Å²) in [6, 6.07) is 3.77. The van der Waals surface area contributed by atoms with Crippen molar-refractivity contribution in [1.82, 2.24) is 0 Å². The van der Waals surface area contributed by atoms with E-state index in [2.05, 4.69) is 0 Å². The van der Waals surface area contributed by atoms with E-state index in [1.54, 1.807) is 0 Å². The number of aromatic hydroxyl groups is 1. The fraction of sp³-hybridized carbons (Fsp3) is 0.600. The fourth-order valence-corrected chi connectivity index (χ4v) is 2.37. The van der Waals surface area contributed by atoms with Crippen LogP contribution in [-0.2, 0) is 9.31 Å². The van der Waals surface area contributed by atoms with Gasteiger partial charge in [-0.25, -0.2) is 0 Å². The van der Waals surface area contributed by atoms with Gasteiger partial charge in [-0.15, -0.1) is 0 Å². The highest BCUT2D eigenvalue weighted by molar-refractivity contribution is 6.47. The molecule has 1 heterocycles. The van der Waals surface area contributed by atoms with Gasteiger partial charge in [0, 0.05) is 0 Å². The molecule has 1 aromatic rings. The van der Waals surface area contributed by atoms with Crippen LogP contribution in [0, 0.1) is 13.8 Å². The Balaban J connectivity index is 2.28. The molecule has 0 saturated carbocycles. The van der Waals surface area contributed by atoms with Crippen LogP contribution in [0.1, 0.15) is 50.3 Å². The average molecular weight is 277 g/mol. The van der Waals surface area contributed by atoms with Gasteiger partial charge in [-0.2, -0.15) is 0 Å². The van der Waals surface area contributed by atoms with E-state index in [0.29, 0.717) is 5.75 Å². The van der Waals surface area contributed by atoms with Gasteiger partial charge in [0.1, 0.15) is 5.75 Å². The zero-order valence-electron chi connectivity index (χ0n) is 13.2. The molecule has 4 nitrogen and oxygen atoms in total. The molecule has 110 valence electrons. The minimum absolute atomic E-state index is 0.315. The minimum atomic E-state index is -0.483. The molecule has 1 fully saturated rings. The van der Waals surface area contributed by atoms with Gasteiger partial charge < -0.3 is 20.1 Å².